The lowest BCUT2D eigenvalue weighted by Crippen LogP contribution is -2.30. The van der Waals surface area contributed by atoms with Gasteiger partial charge in [-0.1, -0.05) is 13.3 Å². The standard InChI is InChI=1S/C15H24N2O2S/c1-4-5-15(6-7-15)10-17-20(18,19)13-8-11(2)12(3)14(16)9-13/h8-9,17H,4-7,10,16H2,1-3H3. The number of benzene rings is 1. The molecule has 0 aliphatic heterocycles. The molecule has 2 rings (SSSR count). The maximum atomic E-state index is 12.4. The summed E-state index contributed by atoms with van der Waals surface area (Å²) in [5.74, 6) is 0. The number of anilines is 1. The average molecular weight is 296 g/mol. The van der Waals surface area contributed by atoms with E-state index in [4.69, 9.17) is 5.73 Å². The third-order valence-corrected chi connectivity index (χ3v) is 5.75. The van der Waals surface area contributed by atoms with Crippen molar-refractivity contribution in [1.29, 1.82) is 0 Å². The van der Waals surface area contributed by atoms with Gasteiger partial charge in [-0.15, -0.1) is 0 Å². The first-order valence-electron chi connectivity index (χ1n) is 7.16. The molecular formula is C15H24N2O2S. The van der Waals surface area contributed by atoms with Crippen LogP contribution in [0, 0.1) is 19.3 Å². The molecule has 0 bridgehead atoms. The van der Waals surface area contributed by atoms with Crippen LogP contribution in [-0.4, -0.2) is 15.0 Å². The average Bonchev–Trinajstić information content (AvgIpc) is 3.14. The smallest absolute Gasteiger partial charge is 0.240 e. The molecule has 0 aromatic heterocycles. The zero-order valence-corrected chi connectivity index (χ0v) is 13.3. The van der Waals surface area contributed by atoms with E-state index in [1.165, 1.54) is 0 Å². The number of rotatable bonds is 6. The summed E-state index contributed by atoms with van der Waals surface area (Å²) in [5.41, 5.74) is 8.44. The molecule has 1 fully saturated rings. The Morgan fingerprint density at radius 3 is 2.45 bits per heavy atom. The van der Waals surface area contributed by atoms with Gasteiger partial charge in [0.1, 0.15) is 0 Å². The summed E-state index contributed by atoms with van der Waals surface area (Å²) in [7, 11) is -3.46. The van der Waals surface area contributed by atoms with E-state index in [1.54, 1.807) is 12.1 Å². The summed E-state index contributed by atoms with van der Waals surface area (Å²) in [5, 5.41) is 0. The third kappa shape index (κ3) is 3.15. The van der Waals surface area contributed by atoms with Crippen LogP contribution < -0.4 is 10.5 Å². The van der Waals surface area contributed by atoms with Gasteiger partial charge in [0.2, 0.25) is 10.0 Å². The molecule has 0 atom stereocenters. The molecule has 0 unspecified atom stereocenters. The Morgan fingerprint density at radius 2 is 1.95 bits per heavy atom. The van der Waals surface area contributed by atoms with Crippen LogP contribution in [0.2, 0.25) is 0 Å². The molecule has 0 spiro atoms. The van der Waals surface area contributed by atoms with E-state index in [2.05, 4.69) is 11.6 Å². The number of nitrogens with one attached hydrogen (secondary N) is 1. The zero-order chi connectivity index (χ0) is 15.0. The van der Waals surface area contributed by atoms with Gasteiger partial charge in [-0.3, -0.25) is 0 Å². The number of sulfonamides is 1. The summed E-state index contributed by atoms with van der Waals surface area (Å²) in [4.78, 5) is 0.269. The first-order chi connectivity index (χ1) is 9.30. The highest BCUT2D eigenvalue weighted by molar-refractivity contribution is 7.89. The first-order valence-corrected chi connectivity index (χ1v) is 8.64. The van der Waals surface area contributed by atoms with Gasteiger partial charge in [-0.2, -0.15) is 0 Å². The molecule has 3 N–H and O–H groups in total. The quantitative estimate of drug-likeness (QED) is 0.793. The molecule has 1 saturated carbocycles. The van der Waals surface area contributed by atoms with Crippen LogP contribution in [0.1, 0.15) is 43.7 Å². The van der Waals surface area contributed by atoms with Crippen molar-refractivity contribution in [2.45, 2.75) is 51.3 Å². The Balaban J connectivity index is 2.15. The van der Waals surface area contributed by atoms with Gasteiger partial charge >= 0.3 is 0 Å². The Bertz CT molecular complexity index is 581. The largest absolute Gasteiger partial charge is 0.398 e. The predicted octanol–water partition coefficient (Wildman–Crippen LogP) is 2.74. The fraction of sp³-hybridized carbons (Fsp3) is 0.600. The maximum Gasteiger partial charge on any atom is 0.240 e. The van der Waals surface area contributed by atoms with E-state index in [-0.39, 0.29) is 10.3 Å². The predicted molar refractivity (Wildman–Crippen MR) is 82.1 cm³/mol. The molecule has 1 aliphatic carbocycles. The van der Waals surface area contributed by atoms with Crippen molar-refractivity contribution < 1.29 is 8.42 Å². The van der Waals surface area contributed by atoms with Crippen LogP contribution in [0.25, 0.3) is 0 Å². The van der Waals surface area contributed by atoms with E-state index < -0.39 is 10.0 Å². The van der Waals surface area contributed by atoms with Crippen LogP contribution in [0.4, 0.5) is 5.69 Å². The Labute approximate surface area is 121 Å². The highest BCUT2D eigenvalue weighted by Crippen LogP contribution is 2.49. The van der Waals surface area contributed by atoms with E-state index >= 15 is 0 Å². The fourth-order valence-electron chi connectivity index (χ4n) is 2.56. The van der Waals surface area contributed by atoms with Gasteiger partial charge in [0.25, 0.3) is 0 Å². The highest BCUT2D eigenvalue weighted by Gasteiger charge is 2.42. The lowest BCUT2D eigenvalue weighted by molar-refractivity contribution is 0.449. The van der Waals surface area contributed by atoms with E-state index in [0.29, 0.717) is 12.2 Å². The molecule has 4 nitrogen and oxygen atoms in total. The molecule has 0 amide bonds. The fourth-order valence-corrected chi connectivity index (χ4v) is 3.84. The minimum absolute atomic E-state index is 0.201. The lowest BCUT2D eigenvalue weighted by atomic mass is 10.0. The van der Waals surface area contributed by atoms with Crippen LogP contribution in [0.15, 0.2) is 17.0 Å². The van der Waals surface area contributed by atoms with Gasteiger partial charge in [0.05, 0.1) is 4.90 Å². The number of aryl methyl sites for hydroxylation is 1. The molecule has 0 saturated heterocycles. The summed E-state index contributed by atoms with van der Waals surface area (Å²) in [6, 6.07) is 3.23. The number of hydrogen-bond donors (Lipinski definition) is 2. The monoisotopic (exact) mass is 296 g/mol. The Kier molecular flexibility index (Phi) is 4.12. The van der Waals surface area contributed by atoms with Crippen molar-refractivity contribution in [3.63, 3.8) is 0 Å². The van der Waals surface area contributed by atoms with Crippen molar-refractivity contribution in [3.05, 3.63) is 23.3 Å². The summed E-state index contributed by atoms with van der Waals surface area (Å²) in [6.45, 7) is 6.45. The Morgan fingerprint density at radius 1 is 1.30 bits per heavy atom. The van der Waals surface area contributed by atoms with Crippen molar-refractivity contribution in [2.24, 2.45) is 5.41 Å². The summed E-state index contributed by atoms with van der Waals surface area (Å²) >= 11 is 0. The topological polar surface area (TPSA) is 72.2 Å². The van der Waals surface area contributed by atoms with Crippen LogP contribution >= 0.6 is 0 Å². The van der Waals surface area contributed by atoms with Crippen LogP contribution in [0.3, 0.4) is 0 Å². The second-order valence-electron chi connectivity index (χ2n) is 6.03. The molecule has 112 valence electrons. The molecule has 20 heavy (non-hydrogen) atoms. The lowest BCUT2D eigenvalue weighted by Gasteiger charge is -2.16. The van der Waals surface area contributed by atoms with Crippen molar-refractivity contribution in [2.75, 3.05) is 12.3 Å². The number of nitrogens with two attached hydrogens (primary N) is 1. The molecule has 0 heterocycles. The van der Waals surface area contributed by atoms with Crippen molar-refractivity contribution >= 4 is 15.7 Å². The van der Waals surface area contributed by atoms with Crippen molar-refractivity contribution in [3.8, 4) is 0 Å². The van der Waals surface area contributed by atoms with Gasteiger partial charge < -0.3 is 5.73 Å². The van der Waals surface area contributed by atoms with E-state index in [0.717, 1.165) is 36.8 Å². The molecular weight excluding hydrogens is 272 g/mol. The molecule has 1 aromatic rings. The third-order valence-electron chi connectivity index (χ3n) is 4.37. The second kappa shape index (κ2) is 5.37. The van der Waals surface area contributed by atoms with Gasteiger partial charge in [-0.25, -0.2) is 13.1 Å². The maximum absolute atomic E-state index is 12.4. The number of hydrogen-bond acceptors (Lipinski definition) is 3. The van der Waals surface area contributed by atoms with Gasteiger partial charge in [0, 0.05) is 12.2 Å². The molecule has 5 heteroatoms. The Hall–Kier alpha value is -1.07. The van der Waals surface area contributed by atoms with Crippen LogP contribution in [-0.2, 0) is 10.0 Å². The van der Waals surface area contributed by atoms with Gasteiger partial charge in [-0.05, 0) is 61.8 Å². The molecule has 0 radical (unpaired) electrons. The second-order valence-corrected chi connectivity index (χ2v) is 7.80. The van der Waals surface area contributed by atoms with Gasteiger partial charge in [0.15, 0.2) is 0 Å². The first kappa shape index (κ1) is 15.3. The normalized spacial score (nSPS) is 17.1. The van der Waals surface area contributed by atoms with Crippen LogP contribution in [0.5, 0.6) is 0 Å². The van der Waals surface area contributed by atoms with Crippen molar-refractivity contribution in [1.82, 2.24) is 4.72 Å². The summed E-state index contributed by atoms with van der Waals surface area (Å²) in [6.07, 6.45) is 4.43. The van der Waals surface area contributed by atoms with E-state index in [9.17, 15) is 8.42 Å². The minimum Gasteiger partial charge on any atom is -0.398 e. The zero-order valence-electron chi connectivity index (χ0n) is 12.5. The minimum atomic E-state index is -3.46. The number of nitrogen functional groups attached to an aromatic ring is 1. The van der Waals surface area contributed by atoms with E-state index in [1.807, 2.05) is 13.8 Å². The molecule has 1 aliphatic rings. The molecule has 1 aromatic carbocycles. The summed E-state index contributed by atoms with van der Waals surface area (Å²) < 4.78 is 27.5. The SMILES string of the molecule is CCCC1(CNS(=O)(=O)c2cc(C)c(C)c(N)c2)CC1. The highest BCUT2D eigenvalue weighted by atomic mass is 32.2.